The number of benzene rings is 1. The summed E-state index contributed by atoms with van der Waals surface area (Å²) in [6.07, 6.45) is 2.34. The van der Waals surface area contributed by atoms with Crippen LogP contribution in [-0.4, -0.2) is 15.0 Å². The van der Waals surface area contributed by atoms with Gasteiger partial charge < -0.3 is 0 Å². The van der Waals surface area contributed by atoms with Gasteiger partial charge in [-0.1, -0.05) is 30.3 Å². The van der Waals surface area contributed by atoms with Crippen molar-refractivity contribution in [1.82, 2.24) is 15.0 Å². The molecular formula is C14H11N3. The van der Waals surface area contributed by atoms with Crippen LogP contribution in [0.5, 0.6) is 0 Å². The summed E-state index contributed by atoms with van der Waals surface area (Å²) >= 11 is 0. The minimum absolute atomic E-state index is 0.145. The highest BCUT2D eigenvalue weighted by Crippen LogP contribution is 2.10. The summed E-state index contributed by atoms with van der Waals surface area (Å²) in [5.74, 6) is 0. The Morgan fingerprint density at radius 2 is 1.88 bits per heavy atom. The molecule has 82 valence electrons. The van der Waals surface area contributed by atoms with E-state index in [-0.39, 0.29) is 6.17 Å². The van der Waals surface area contributed by atoms with Gasteiger partial charge in [0.2, 0.25) is 0 Å². The van der Waals surface area contributed by atoms with Gasteiger partial charge in [0, 0.05) is 24.5 Å². The molecule has 2 aromatic heterocycles. The van der Waals surface area contributed by atoms with E-state index in [0.29, 0.717) is 5.65 Å². The quantitative estimate of drug-likeness (QED) is 0.669. The number of pyridine rings is 1. The zero-order chi connectivity index (χ0) is 12.4. The molecule has 0 saturated heterocycles. The Hall–Kier alpha value is -2.29. The van der Waals surface area contributed by atoms with Gasteiger partial charge in [-0.05, 0) is 17.7 Å². The number of aromatic nitrogens is 3. The molecule has 0 radical (unpaired) electrons. The van der Waals surface area contributed by atoms with Gasteiger partial charge in [-0.2, -0.15) is 0 Å². The fourth-order valence-electron chi connectivity index (χ4n) is 1.76. The predicted molar refractivity (Wildman–Crippen MR) is 66.6 cm³/mol. The molecule has 0 aliphatic heterocycles. The molecule has 0 bridgehead atoms. The molecule has 0 spiro atoms. The maximum atomic E-state index is 7.46. The molecule has 3 nitrogen and oxygen atoms in total. The lowest BCUT2D eigenvalue weighted by Gasteiger charge is -2.02. The van der Waals surface area contributed by atoms with Crippen molar-refractivity contribution in [1.29, 1.82) is 0 Å². The summed E-state index contributed by atoms with van der Waals surface area (Å²) in [6.45, 7) is 0. The molecule has 17 heavy (non-hydrogen) atoms. The van der Waals surface area contributed by atoms with Gasteiger partial charge in [-0.3, -0.25) is 4.98 Å². The summed E-state index contributed by atoms with van der Waals surface area (Å²) in [5, 5.41) is 0. The lowest BCUT2D eigenvalue weighted by molar-refractivity contribution is 1.08. The first-order valence-corrected chi connectivity index (χ1v) is 5.44. The van der Waals surface area contributed by atoms with Gasteiger partial charge in [0.15, 0.2) is 5.65 Å². The third-order valence-electron chi connectivity index (χ3n) is 2.57. The lowest BCUT2D eigenvalue weighted by atomic mass is 10.1. The fraction of sp³-hybridized carbons (Fsp3) is 0.0714. The van der Waals surface area contributed by atoms with Crippen LogP contribution in [0.25, 0.3) is 11.2 Å². The van der Waals surface area contributed by atoms with E-state index < -0.39 is 0 Å². The first-order chi connectivity index (χ1) is 8.81. The summed E-state index contributed by atoms with van der Waals surface area (Å²) in [7, 11) is 0. The van der Waals surface area contributed by atoms with E-state index in [1.165, 1.54) is 11.8 Å². The Balaban J connectivity index is 1.98. The third kappa shape index (κ3) is 2.13. The van der Waals surface area contributed by atoms with Crippen molar-refractivity contribution in [2.24, 2.45) is 0 Å². The van der Waals surface area contributed by atoms with Crippen LogP contribution in [0.4, 0.5) is 0 Å². The number of hydrogen-bond donors (Lipinski definition) is 0. The molecule has 0 saturated carbocycles. The number of hydrogen-bond acceptors (Lipinski definition) is 3. The maximum Gasteiger partial charge on any atom is 0.178 e. The fourth-order valence-corrected chi connectivity index (χ4v) is 1.76. The van der Waals surface area contributed by atoms with E-state index in [1.54, 1.807) is 0 Å². The smallest absolute Gasteiger partial charge is 0.178 e. The Morgan fingerprint density at radius 1 is 1.00 bits per heavy atom. The zero-order valence-corrected chi connectivity index (χ0v) is 9.17. The van der Waals surface area contributed by atoms with Crippen molar-refractivity contribution in [3.8, 4) is 0 Å². The molecule has 3 rings (SSSR count). The Labute approximate surface area is 101 Å². The van der Waals surface area contributed by atoms with Crippen molar-refractivity contribution in [2.75, 3.05) is 0 Å². The van der Waals surface area contributed by atoms with Crippen LogP contribution < -0.4 is 0 Å². The van der Waals surface area contributed by atoms with Gasteiger partial charge >= 0.3 is 0 Å². The van der Waals surface area contributed by atoms with Crippen molar-refractivity contribution in [2.45, 2.75) is 6.42 Å². The van der Waals surface area contributed by atoms with Crippen LogP contribution in [0.15, 0.2) is 54.8 Å². The molecule has 0 amide bonds. The van der Waals surface area contributed by atoms with Crippen LogP contribution >= 0.6 is 0 Å². The Kier molecular flexibility index (Phi) is 2.23. The van der Waals surface area contributed by atoms with Gasteiger partial charge in [0.25, 0.3) is 0 Å². The van der Waals surface area contributed by atoms with Gasteiger partial charge in [0.1, 0.15) is 5.52 Å². The van der Waals surface area contributed by atoms with Crippen LogP contribution in [0.3, 0.4) is 0 Å². The first-order valence-electron chi connectivity index (χ1n) is 5.94. The van der Waals surface area contributed by atoms with Crippen molar-refractivity contribution in [3.63, 3.8) is 0 Å². The molecule has 0 atom stereocenters. The second kappa shape index (κ2) is 4.29. The van der Waals surface area contributed by atoms with Gasteiger partial charge in [-0.25, -0.2) is 9.97 Å². The second-order valence-corrected chi connectivity index (χ2v) is 3.81. The Morgan fingerprint density at radius 3 is 2.76 bits per heavy atom. The average molecular weight is 222 g/mol. The van der Waals surface area contributed by atoms with Crippen LogP contribution in [0.2, 0.25) is 0 Å². The number of fused-ring (bicyclic) bond motifs is 1. The minimum atomic E-state index is 0.145. The molecule has 0 aliphatic carbocycles. The molecule has 0 unspecified atom stereocenters. The predicted octanol–water partition coefficient (Wildman–Crippen LogP) is 2.62. The Bertz CT molecular complexity index is 683. The molecule has 0 fully saturated rings. The van der Waals surface area contributed by atoms with Gasteiger partial charge in [-0.15, -0.1) is 0 Å². The molecule has 2 heterocycles. The lowest BCUT2D eigenvalue weighted by Crippen LogP contribution is -1.94. The largest absolute Gasteiger partial charge is 0.251 e. The minimum Gasteiger partial charge on any atom is -0.251 e. The van der Waals surface area contributed by atoms with Gasteiger partial charge in [0.05, 0.1) is 1.37 Å². The van der Waals surface area contributed by atoms with Crippen molar-refractivity contribution < 1.29 is 1.37 Å². The summed E-state index contributed by atoms with van der Waals surface area (Å²) < 4.78 is 7.46. The molecule has 3 heteroatoms. The maximum absolute atomic E-state index is 7.46. The number of rotatable bonds is 2. The zero-order valence-electron chi connectivity index (χ0n) is 10.2. The van der Waals surface area contributed by atoms with E-state index in [4.69, 9.17) is 1.37 Å². The topological polar surface area (TPSA) is 38.7 Å². The van der Waals surface area contributed by atoms with E-state index in [2.05, 4.69) is 27.1 Å². The molecule has 0 aliphatic rings. The van der Waals surface area contributed by atoms with Crippen molar-refractivity contribution >= 4 is 11.2 Å². The van der Waals surface area contributed by atoms with Crippen LogP contribution in [-0.2, 0) is 6.42 Å². The molecule has 3 aromatic rings. The highest BCUT2D eigenvalue weighted by molar-refractivity contribution is 5.68. The third-order valence-corrected chi connectivity index (χ3v) is 2.57. The van der Waals surface area contributed by atoms with Crippen LogP contribution in [0, 0.1) is 0 Å². The molecular weight excluding hydrogens is 210 g/mol. The number of nitrogens with zero attached hydrogens (tertiary/aromatic N) is 3. The van der Waals surface area contributed by atoms with E-state index in [1.807, 2.05) is 30.3 Å². The highest BCUT2D eigenvalue weighted by Gasteiger charge is 2.00. The normalized spacial score (nSPS) is 11.4. The molecule has 0 N–H and O–H groups in total. The standard InChI is InChI=1S/C14H11N3/c1-2-4-11(5-3-1)10-12-6-7-13-14(17-12)16-9-8-15-13/h1-9H,10H2/i9D. The summed E-state index contributed by atoms with van der Waals surface area (Å²) in [6, 6.07) is 14.0. The monoisotopic (exact) mass is 222 g/mol. The second-order valence-electron chi connectivity index (χ2n) is 3.81. The summed E-state index contributed by atoms with van der Waals surface area (Å²) in [5.41, 5.74) is 3.41. The van der Waals surface area contributed by atoms with E-state index >= 15 is 0 Å². The average Bonchev–Trinajstić information content (AvgIpc) is 2.39. The van der Waals surface area contributed by atoms with E-state index in [9.17, 15) is 0 Å². The van der Waals surface area contributed by atoms with Crippen LogP contribution in [0.1, 0.15) is 12.6 Å². The summed E-state index contributed by atoms with van der Waals surface area (Å²) in [4.78, 5) is 12.6. The van der Waals surface area contributed by atoms with E-state index in [0.717, 1.165) is 17.6 Å². The SMILES string of the molecule is [2H]c1cnc2ccc(Cc3ccccc3)nc2n1. The highest BCUT2D eigenvalue weighted by atomic mass is 14.9. The first kappa shape index (κ1) is 8.82. The van der Waals surface area contributed by atoms with Crippen molar-refractivity contribution in [3.05, 3.63) is 66.1 Å². The molecule has 1 aromatic carbocycles.